The summed E-state index contributed by atoms with van der Waals surface area (Å²) >= 11 is 7.01. The molecule has 0 saturated carbocycles. The second kappa shape index (κ2) is 8.54. The maximum Gasteiger partial charge on any atom is 0.461 e. The molecular formula is C18H16Br2F4O. The second-order valence-corrected chi connectivity index (χ2v) is 7.39. The van der Waals surface area contributed by atoms with Gasteiger partial charge in [-0.2, -0.15) is 17.6 Å². The molecule has 0 N–H and O–H groups in total. The molecule has 0 radical (unpaired) electrons. The fraction of sp³-hybridized carbons (Fsp3) is 0.333. The summed E-state index contributed by atoms with van der Waals surface area (Å²) in [6.07, 6.45) is -6.85. The summed E-state index contributed by atoms with van der Waals surface area (Å²) in [5.74, 6) is -0.223. The van der Waals surface area contributed by atoms with Gasteiger partial charge >= 0.3 is 12.5 Å². The Labute approximate surface area is 160 Å². The monoisotopic (exact) mass is 482 g/mol. The molecule has 0 heterocycles. The molecule has 25 heavy (non-hydrogen) atoms. The molecule has 0 bridgehead atoms. The molecule has 0 aliphatic carbocycles. The largest absolute Gasteiger partial charge is 0.461 e. The Balaban J connectivity index is 2.07. The summed E-state index contributed by atoms with van der Waals surface area (Å²) in [5.41, 5.74) is 1.87. The minimum atomic E-state index is -4.50. The van der Waals surface area contributed by atoms with Crippen LogP contribution in [0, 0.1) is 0 Å². The van der Waals surface area contributed by atoms with Crippen molar-refractivity contribution in [3.05, 3.63) is 62.5 Å². The van der Waals surface area contributed by atoms with E-state index < -0.39 is 12.5 Å². The van der Waals surface area contributed by atoms with Crippen molar-refractivity contribution in [3.63, 3.8) is 0 Å². The summed E-state index contributed by atoms with van der Waals surface area (Å²) in [5, 5.41) is 0. The quantitative estimate of drug-likeness (QED) is 0.379. The van der Waals surface area contributed by atoms with E-state index in [9.17, 15) is 17.6 Å². The highest BCUT2D eigenvalue weighted by atomic mass is 79.9. The first kappa shape index (κ1) is 20.2. The summed E-state index contributed by atoms with van der Waals surface area (Å²) in [4.78, 5) is 0. The van der Waals surface area contributed by atoms with E-state index in [1.54, 1.807) is 6.07 Å². The lowest BCUT2D eigenvalue weighted by molar-refractivity contribution is -0.253. The van der Waals surface area contributed by atoms with E-state index in [0.29, 0.717) is 0 Å². The van der Waals surface area contributed by atoms with Crippen LogP contribution in [0.15, 0.2) is 51.4 Å². The third-order valence-corrected chi connectivity index (χ3v) is 5.31. The molecule has 1 atom stereocenters. The molecular weight excluding hydrogens is 468 g/mol. The first-order chi connectivity index (χ1) is 11.7. The van der Waals surface area contributed by atoms with E-state index in [4.69, 9.17) is 0 Å². The van der Waals surface area contributed by atoms with Crippen LogP contribution in [0.3, 0.4) is 0 Å². The molecule has 1 nitrogen and oxygen atoms in total. The summed E-state index contributed by atoms with van der Waals surface area (Å²) in [7, 11) is 0. The fourth-order valence-corrected chi connectivity index (χ4v) is 3.78. The minimum absolute atomic E-state index is 0.0442. The molecule has 1 unspecified atom stereocenters. The van der Waals surface area contributed by atoms with E-state index in [0.717, 1.165) is 32.9 Å². The van der Waals surface area contributed by atoms with Crippen molar-refractivity contribution >= 4 is 31.9 Å². The van der Waals surface area contributed by atoms with Crippen molar-refractivity contribution in [1.29, 1.82) is 0 Å². The molecule has 136 valence electrons. The highest BCUT2D eigenvalue weighted by Gasteiger charge is 2.44. The van der Waals surface area contributed by atoms with Crippen LogP contribution in [-0.2, 0) is 6.42 Å². The third-order valence-electron chi connectivity index (χ3n) is 3.82. The van der Waals surface area contributed by atoms with E-state index in [-0.39, 0.29) is 11.7 Å². The summed E-state index contributed by atoms with van der Waals surface area (Å²) < 4.78 is 56.7. The van der Waals surface area contributed by atoms with Crippen molar-refractivity contribution < 1.29 is 22.3 Å². The second-order valence-electron chi connectivity index (χ2n) is 5.68. The predicted octanol–water partition coefficient (Wildman–Crippen LogP) is 7.18. The van der Waals surface area contributed by atoms with Gasteiger partial charge in [-0.1, -0.05) is 57.0 Å². The molecule has 0 spiro atoms. The van der Waals surface area contributed by atoms with Gasteiger partial charge in [0.15, 0.2) is 0 Å². The number of rotatable bonds is 7. The number of benzene rings is 2. The zero-order valence-electron chi connectivity index (χ0n) is 13.3. The first-order valence-electron chi connectivity index (χ1n) is 7.58. The smallest absolute Gasteiger partial charge is 0.428 e. The molecule has 0 aliphatic rings. The Morgan fingerprint density at radius 2 is 1.64 bits per heavy atom. The van der Waals surface area contributed by atoms with Crippen LogP contribution in [0.4, 0.5) is 17.6 Å². The van der Waals surface area contributed by atoms with Crippen molar-refractivity contribution in [2.45, 2.75) is 38.2 Å². The van der Waals surface area contributed by atoms with Crippen molar-refractivity contribution in [2.75, 3.05) is 0 Å². The zero-order chi connectivity index (χ0) is 18.6. The standard InChI is InChI=1S/C18H16Br2F4O/c1-11(8-9-14-15(19)6-3-7-16(14)20)12-4-2-5-13(10-12)25-18(23,24)17(21)22/h2-7,10-11,17H,8-9H2,1H3. The maximum atomic E-state index is 13.0. The van der Waals surface area contributed by atoms with Crippen LogP contribution in [0.1, 0.15) is 30.4 Å². The number of halogens is 6. The van der Waals surface area contributed by atoms with Crippen molar-refractivity contribution in [2.24, 2.45) is 0 Å². The third kappa shape index (κ3) is 5.45. The summed E-state index contributed by atoms with van der Waals surface area (Å²) in [6, 6.07) is 11.7. The average Bonchev–Trinajstić information content (AvgIpc) is 2.54. The van der Waals surface area contributed by atoms with Crippen molar-refractivity contribution in [1.82, 2.24) is 0 Å². The Bertz CT molecular complexity index is 702. The molecule has 0 fully saturated rings. The average molecular weight is 484 g/mol. The zero-order valence-corrected chi connectivity index (χ0v) is 16.5. The van der Waals surface area contributed by atoms with Crippen LogP contribution in [0.5, 0.6) is 5.75 Å². The Kier molecular flexibility index (Phi) is 6.91. The van der Waals surface area contributed by atoms with Gasteiger partial charge in [-0.25, -0.2) is 0 Å². The van der Waals surface area contributed by atoms with Gasteiger partial charge in [-0.15, -0.1) is 0 Å². The van der Waals surface area contributed by atoms with Gasteiger partial charge in [0.1, 0.15) is 5.75 Å². The number of alkyl halides is 4. The van der Waals surface area contributed by atoms with E-state index in [1.807, 2.05) is 25.1 Å². The van der Waals surface area contributed by atoms with Crippen LogP contribution in [0.2, 0.25) is 0 Å². The minimum Gasteiger partial charge on any atom is -0.428 e. The van der Waals surface area contributed by atoms with Crippen LogP contribution >= 0.6 is 31.9 Å². The molecule has 0 aromatic heterocycles. The van der Waals surface area contributed by atoms with Gasteiger partial charge in [-0.05, 0) is 54.2 Å². The van der Waals surface area contributed by atoms with Crippen LogP contribution in [0.25, 0.3) is 0 Å². The van der Waals surface area contributed by atoms with Gasteiger partial charge in [0, 0.05) is 8.95 Å². The molecule has 2 aromatic rings. The van der Waals surface area contributed by atoms with Gasteiger partial charge in [0.2, 0.25) is 0 Å². The van der Waals surface area contributed by atoms with Crippen molar-refractivity contribution in [3.8, 4) is 5.75 Å². The van der Waals surface area contributed by atoms with Gasteiger partial charge in [-0.3, -0.25) is 0 Å². The molecule has 2 aromatic carbocycles. The molecule has 0 saturated heterocycles. The van der Waals surface area contributed by atoms with E-state index in [2.05, 4.69) is 36.6 Å². The Morgan fingerprint density at radius 3 is 2.24 bits per heavy atom. The SMILES string of the molecule is CC(CCc1c(Br)cccc1Br)c1cccc(OC(F)(F)C(F)F)c1. The summed E-state index contributed by atoms with van der Waals surface area (Å²) in [6.45, 7) is 1.95. The highest BCUT2D eigenvalue weighted by Crippen LogP contribution is 2.32. The van der Waals surface area contributed by atoms with E-state index >= 15 is 0 Å². The normalized spacial score (nSPS) is 13.1. The maximum absolute atomic E-state index is 13.0. The predicted molar refractivity (Wildman–Crippen MR) is 96.6 cm³/mol. The Hall–Kier alpha value is -1.08. The number of hydrogen-bond donors (Lipinski definition) is 0. The van der Waals surface area contributed by atoms with Crippen LogP contribution in [-0.4, -0.2) is 12.5 Å². The molecule has 7 heteroatoms. The van der Waals surface area contributed by atoms with Gasteiger partial charge in [0.05, 0.1) is 0 Å². The van der Waals surface area contributed by atoms with Gasteiger partial charge < -0.3 is 4.74 Å². The molecule has 0 aliphatic heterocycles. The topological polar surface area (TPSA) is 9.23 Å². The lowest BCUT2D eigenvalue weighted by Gasteiger charge is -2.19. The molecule has 0 amide bonds. The lowest BCUT2D eigenvalue weighted by Crippen LogP contribution is -2.33. The van der Waals surface area contributed by atoms with Crippen LogP contribution < -0.4 is 4.74 Å². The Morgan fingerprint density at radius 1 is 1.04 bits per heavy atom. The fourth-order valence-electron chi connectivity index (χ4n) is 2.38. The number of ether oxygens (including phenoxy) is 1. The molecule has 2 rings (SSSR count). The lowest BCUT2D eigenvalue weighted by atomic mass is 9.94. The number of hydrogen-bond acceptors (Lipinski definition) is 1. The van der Waals surface area contributed by atoms with E-state index in [1.165, 1.54) is 18.2 Å². The first-order valence-corrected chi connectivity index (χ1v) is 9.17. The van der Waals surface area contributed by atoms with Gasteiger partial charge in [0.25, 0.3) is 0 Å². The highest BCUT2D eigenvalue weighted by molar-refractivity contribution is 9.11.